The van der Waals surface area contributed by atoms with E-state index >= 15 is 0 Å². The summed E-state index contributed by atoms with van der Waals surface area (Å²) in [6.45, 7) is 0.799. The van der Waals surface area contributed by atoms with E-state index in [1.54, 1.807) is 0 Å². The summed E-state index contributed by atoms with van der Waals surface area (Å²) in [5.74, 6) is -0.146. The van der Waals surface area contributed by atoms with Crippen LogP contribution in [-0.2, 0) is 16.0 Å². The van der Waals surface area contributed by atoms with Crippen LogP contribution in [0.2, 0.25) is 0 Å². The average molecular weight is 358 g/mol. The summed E-state index contributed by atoms with van der Waals surface area (Å²) in [6, 6.07) is 19.0. The van der Waals surface area contributed by atoms with Crippen molar-refractivity contribution in [2.45, 2.75) is 6.42 Å². The van der Waals surface area contributed by atoms with Crippen LogP contribution in [0.4, 0.5) is 0 Å². The zero-order valence-corrected chi connectivity index (χ0v) is 15.7. The van der Waals surface area contributed by atoms with Crippen molar-refractivity contribution in [1.29, 1.82) is 0 Å². The third kappa shape index (κ3) is 4.71. The van der Waals surface area contributed by atoms with Crippen molar-refractivity contribution in [3.63, 3.8) is 0 Å². The summed E-state index contributed by atoms with van der Waals surface area (Å²) in [7, 11) is 5.96. The van der Waals surface area contributed by atoms with Crippen LogP contribution >= 0.6 is 0 Å². The van der Waals surface area contributed by atoms with Crippen molar-refractivity contribution in [3.8, 4) is 0 Å². The molecule has 0 heterocycles. The summed E-state index contributed by atoms with van der Waals surface area (Å²) < 4.78 is 6.04. The number of hydrogen-bond acceptors (Lipinski definition) is 2. The Kier molecular flexibility index (Phi) is 6.04. The molecule has 3 nitrogen and oxygen atoms in total. The summed E-state index contributed by atoms with van der Waals surface area (Å²) in [4.78, 5) is 11.9. The van der Waals surface area contributed by atoms with Gasteiger partial charge in [-0.15, -0.1) is 0 Å². The highest BCUT2D eigenvalue weighted by atomic mass is 35.5. The van der Waals surface area contributed by atoms with Crippen LogP contribution in [0.5, 0.6) is 0 Å². The third-order valence-electron chi connectivity index (χ3n) is 4.10. The largest absolute Gasteiger partial charge is 1.00 e. The zero-order valence-electron chi connectivity index (χ0n) is 15.0. The van der Waals surface area contributed by atoms with E-state index < -0.39 is 0 Å². The van der Waals surface area contributed by atoms with E-state index in [1.165, 1.54) is 27.1 Å². The van der Waals surface area contributed by atoms with Crippen LogP contribution in [0.25, 0.3) is 21.5 Å². The minimum absolute atomic E-state index is 0. The molecule has 3 aromatic rings. The molecule has 0 aliphatic rings. The molecule has 0 bridgehead atoms. The molecule has 3 aromatic carbocycles. The van der Waals surface area contributed by atoms with Crippen molar-refractivity contribution >= 4 is 27.5 Å². The molecule has 0 radical (unpaired) electrons. The maximum Gasteiger partial charge on any atom is 0.361 e. The van der Waals surface area contributed by atoms with E-state index in [1.807, 2.05) is 21.1 Å². The molecule has 0 unspecified atom stereocenters. The predicted octanol–water partition coefficient (Wildman–Crippen LogP) is 0.789. The molecule has 0 saturated carbocycles. The van der Waals surface area contributed by atoms with Crippen LogP contribution in [0.15, 0.2) is 54.6 Å². The van der Waals surface area contributed by atoms with E-state index in [0.717, 1.165) is 6.42 Å². The predicted molar refractivity (Wildman–Crippen MR) is 99.0 cm³/mol. The summed E-state index contributed by atoms with van der Waals surface area (Å²) in [5.41, 5.74) is 1.25. The van der Waals surface area contributed by atoms with E-state index in [9.17, 15) is 4.79 Å². The van der Waals surface area contributed by atoms with Gasteiger partial charge in [0.15, 0.2) is 6.54 Å². The number of likely N-dealkylation sites (N-methyl/N-ethyl adjacent to an activating group) is 1. The lowest BCUT2D eigenvalue weighted by Gasteiger charge is -2.22. The molecule has 0 saturated heterocycles. The van der Waals surface area contributed by atoms with Crippen molar-refractivity contribution < 1.29 is 26.4 Å². The van der Waals surface area contributed by atoms with Gasteiger partial charge >= 0.3 is 5.97 Å². The Morgan fingerprint density at radius 1 is 0.920 bits per heavy atom. The third-order valence-corrected chi connectivity index (χ3v) is 4.10. The van der Waals surface area contributed by atoms with Gasteiger partial charge in [0.25, 0.3) is 0 Å². The van der Waals surface area contributed by atoms with E-state index in [-0.39, 0.29) is 18.4 Å². The first kappa shape index (κ1) is 19.2. The number of fused-ring (bicyclic) bond motifs is 2. The number of quaternary nitrogens is 1. The molecule has 0 N–H and O–H groups in total. The second kappa shape index (κ2) is 7.85. The molecule has 0 aliphatic carbocycles. The van der Waals surface area contributed by atoms with Crippen LogP contribution < -0.4 is 12.4 Å². The molecule has 0 fully saturated rings. The second-order valence-electron chi connectivity index (χ2n) is 7.22. The molecule has 3 rings (SSSR count). The SMILES string of the molecule is C[N+](C)(C)CC(=O)OCCc1c2ccccc2cc2ccccc12.[Cl-]. The molecule has 132 valence electrons. The first-order valence-corrected chi connectivity index (χ1v) is 8.29. The molecule has 0 spiro atoms. The Labute approximate surface area is 155 Å². The molecular formula is C21H24ClNO2. The maximum atomic E-state index is 11.9. The minimum atomic E-state index is -0.146. The summed E-state index contributed by atoms with van der Waals surface area (Å²) in [5, 5.41) is 4.92. The first-order chi connectivity index (χ1) is 11.4. The van der Waals surface area contributed by atoms with Crippen LogP contribution in [-0.4, -0.2) is 44.7 Å². The molecule has 0 aromatic heterocycles. The normalized spacial score (nSPS) is 11.3. The lowest BCUT2D eigenvalue weighted by atomic mass is 9.95. The Hall–Kier alpha value is -2.10. The van der Waals surface area contributed by atoms with Gasteiger partial charge in [0, 0.05) is 6.42 Å². The second-order valence-corrected chi connectivity index (χ2v) is 7.22. The number of benzene rings is 3. The number of nitrogens with zero attached hydrogens (tertiary/aromatic N) is 1. The minimum Gasteiger partial charge on any atom is -1.00 e. The Morgan fingerprint density at radius 3 is 1.96 bits per heavy atom. The van der Waals surface area contributed by atoms with Gasteiger partial charge in [0.2, 0.25) is 0 Å². The Balaban J connectivity index is 0.00000225. The Bertz CT molecular complexity index is 830. The number of ether oxygens (including phenoxy) is 1. The molecule has 0 aliphatic heterocycles. The standard InChI is InChI=1S/C21H24NO2.ClH/c1-22(2,3)15-21(23)24-13-12-20-18-10-6-4-8-16(18)14-17-9-5-7-11-19(17)20;/h4-11,14H,12-13,15H2,1-3H3;1H/q+1;/p-1. The molecule has 0 amide bonds. The zero-order chi connectivity index (χ0) is 17.2. The topological polar surface area (TPSA) is 26.3 Å². The van der Waals surface area contributed by atoms with Crippen molar-refractivity contribution in [2.24, 2.45) is 0 Å². The van der Waals surface area contributed by atoms with Crippen molar-refractivity contribution in [3.05, 3.63) is 60.2 Å². The molecule has 0 atom stereocenters. The lowest BCUT2D eigenvalue weighted by Crippen LogP contribution is -3.00. The number of halogens is 1. The van der Waals surface area contributed by atoms with Gasteiger partial charge in [-0.1, -0.05) is 48.5 Å². The highest BCUT2D eigenvalue weighted by molar-refractivity contribution is 6.02. The molecular weight excluding hydrogens is 334 g/mol. The van der Waals surface area contributed by atoms with Gasteiger partial charge in [-0.25, -0.2) is 4.79 Å². The number of rotatable bonds is 5. The first-order valence-electron chi connectivity index (χ1n) is 8.29. The smallest absolute Gasteiger partial charge is 0.361 e. The number of esters is 1. The molecule has 25 heavy (non-hydrogen) atoms. The van der Waals surface area contributed by atoms with Crippen LogP contribution in [0, 0.1) is 0 Å². The van der Waals surface area contributed by atoms with Crippen molar-refractivity contribution in [1.82, 2.24) is 0 Å². The van der Waals surface area contributed by atoms with Gasteiger partial charge in [0.05, 0.1) is 27.7 Å². The van der Waals surface area contributed by atoms with E-state index in [4.69, 9.17) is 4.74 Å². The van der Waals surface area contributed by atoms with Crippen LogP contribution in [0.3, 0.4) is 0 Å². The van der Waals surface area contributed by atoms with E-state index in [2.05, 4.69) is 54.6 Å². The highest BCUT2D eigenvalue weighted by Gasteiger charge is 2.16. The van der Waals surface area contributed by atoms with Gasteiger partial charge in [-0.2, -0.15) is 0 Å². The number of carbonyl (C=O) groups is 1. The van der Waals surface area contributed by atoms with Crippen LogP contribution in [0.1, 0.15) is 5.56 Å². The summed E-state index contributed by atoms with van der Waals surface area (Å²) in [6.07, 6.45) is 0.727. The monoisotopic (exact) mass is 357 g/mol. The fraction of sp³-hybridized carbons (Fsp3) is 0.286. The fourth-order valence-electron chi connectivity index (χ4n) is 3.08. The van der Waals surface area contributed by atoms with Gasteiger partial charge < -0.3 is 21.6 Å². The Morgan fingerprint density at radius 2 is 1.44 bits per heavy atom. The summed E-state index contributed by atoms with van der Waals surface area (Å²) >= 11 is 0. The quantitative estimate of drug-likeness (QED) is 0.383. The number of carbonyl (C=O) groups excluding carboxylic acids is 1. The van der Waals surface area contributed by atoms with Gasteiger partial charge in [0.1, 0.15) is 0 Å². The number of hydrogen-bond donors (Lipinski definition) is 0. The lowest BCUT2D eigenvalue weighted by molar-refractivity contribution is -0.862. The highest BCUT2D eigenvalue weighted by Crippen LogP contribution is 2.28. The fourth-order valence-corrected chi connectivity index (χ4v) is 3.08. The average Bonchev–Trinajstić information content (AvgIpc) is 2.52. The molecule has 4 heteroatoms. The van der Waals surface area contributed by atoms with E-state index in [0.29, 0.717) is 17.6 Å². The maximum absolute atomic E-state index is 11.9. The van der Waals surface area contributed by atoms with Gasteiger partial charge in [-0.05, 0) is 33.2 Å². The van der Waals surface area contributed by atoms with Crippen molar-refractivity contribution in [2.75, 3.05) is 34.3 Å². The van der Waals surface area contributed by atoms with Gasteiger partial charge in [-0.3, -0.25) is 0 Å².